The van der Waals surface area contributed by atoms with Gasteiger partial charge in [0.1, 0.15) is 11.5 Å². The number of ether oxygens (including phenoxy) is 2. The van der Waals surface area contributed by atoms with Gasteiger partial charge in [-0.05, 0) is 48.9 Å². The molecule has 9 heteroatoms. The van der Waals surface area contributed by atoms with Crippen LogP contribution in [0.3, 0.4) is 0 Å². The molecule has 168 valence electrons. The Morgan fingerprint density at radius 3 is 2.24 bits per heavy atom. The zero-order chi connectivity index (χ0) is 22.9. The van der Waals surface area contributed by atoms with Crippen LogP contribution in [0.4, 0.5) is 0 Å². The molecule has 3 aromatic heterocycles. The van der Waals surface area contributed by atoms with E-state index in [1.807, 2.05) is 43.3 Å². The Balaban J connectivity index is 1.43. The van der Waals surface area contributed by atoms with Gasteiger partial charge in [-0.25, -0.2) is 9.97 Å². The van der Waals surface area contributed by atoms with E-state index < -0.39 is 6.23 Å². The molecule has 0 bridgehead atoms. The molecule has 1 unspecified atom stereocenters. The number of H-pyrrole nitrogens is 2. The predicted octanol–water partition coefficient (Wildman–Crippen LogP) is 3.86. The van der Waals surface area contributed by atoms with E-state index in [0.717, 1.165) is 27.7 Å². The molecule has 9 nitrogen and oxygen atoms in total. The molecule has 0 radical (unpaired) electrons. The Labute approximate surface area is 189 Å². The molecule has 0 aliphatic heterocycles. The van der Waals surface area contributed by atoms with Crippen LogP contribution in [0.1, 0.15) is 30.6 Å². The Kier molecular flexibility index (Phi) is 5.41. The van der Waals surface area contributed by atoms with Crippen LogP contribution >= 0.6 is 0 Å². The van der Waals surface area contributed by atoms with Crippen LogP contribution < -0.4 is 14.8 Å². The minimum Gasteiger partial charge on any atom is -0.497 e. The quantitative estimate of drug-likeness (QED) is 0.281. The van der Waals surface area contributed by atoms with E-state index in [1.54, 1.807) is 32.7 Å². The minimum atomic E-state index is -1.05. The Morgan fingerprint density at radius 2 is 1.58 bits per heavy atom. The van der Waals surface area contributed by atoms with Gasteiger partial charge in [-0.2, -0.15) is 0 Å². The van der Waals surface area contributed by atoms with Gasteiger partial charge >= 0.3 is 0 Å². The highest BCUT2D eigenvalue weighted by atomic mass is 16.5. The Morgan fingerprint density at radius 1 is 0.909 bits per heavy atom. The summed E-state index contributed by atoms with van der Waals surface area (Å²) in [5.41, 5.74) is 5.17. The third kappa shape index (κ3) is 3.99. The predicted molar refractivity (Wildman–Crippen MR) is 125 cm³/mol. The second-order valence-corrected chi connectivity index (χ2v) is 7.77. The molecule has 0 aliphatic carbocycles. The van der Waals surface area contributed by atoms with Gasteiger partial charge in [0.25, 0.3) is 0 Å². The number of aromatic nitrogens is 5. The van der Waals surface area contributed by atoms with Crippen molar-refractivity contribution < 1.29 is 14.6 Å². The van der Waals surface area contributed by atoms with E-state index >= 15 is 0 Å². The van der Waals surface area contributed by atoms with Crippen molar-refractivity contribution in [2.45, 2.75) is 19.2 Å². The molecule has 0 saturated heterocycles. The number of methoxy groups -OCH3 is 2. The lowest BCUT2D eigenvalue weighted by atomic mass is 10.1. The van der Waals surface area contributed by atoms with Crippen molar-refractivity contribution in [3.05, 3.63) is 66.2 Å². The SMILES string of the molecule is COc1cc(OC)cc([C@@H](C)NC(O)c2nc3cc4[nH][nH]c(-c5ccncc5)c4cc3n2)c1. The second-order valence-electron chi connectivity index (χ2n) is 7.77. The van der Waals surface area contributed by atoms with E-state index in [2.05, 4.69) is 30.5 Å². The Hall–Kier alpha value is -3.95. The summed E-state index contributed by atoms with van der Waals surface area (Å²) in [6.07, 6.45) is 2.46. The van der Waals surface area contributed by atoms with Crippen LogP contribution in [-0.2, 0) is 0 Å². The first-order chi connectivity index (χ1) is 16.1. The van der Waals surface area contributed by atoms with Gasteiger partial charge in [0.2, 0.25) is 0 Å². The fourth-order valence-electron chi connectivity index (χ4n) is 3.89. The van der Waals surface area contributed by atoms with Crippen molar-refractivity contribution in [2.75, 3.05) is 14.2 Å². The van der Waals surface area contributed by atoms with E-state index in [4.69, 9.17) is 9.47 Å². The molecule has 0 fully saturated rings. The van der Waals surface area contributed by atoms with Crippen LogP contribution in [0.15, 0.2) is 54.9 Å². The lowest BCUT2D eigenvalue weighted by Crippen LogP contribution is -2.25. The molecule has 0 saturated carbocycles. The van der Waals surface area contributed by atoms with E-state index in [0.29, 0.717) is 28.4 Å². The van der Waals surface area contributed by atoms with Crippen molar-refractivity contribution in [1.29, 1.82) is 0 Å². The zero-order valence-corrected chi connectivity index (χ0v) is 18.5. The molecule has 33 heavy (non-hydrogen) atoms. The lowest BCUT2D eigenvalue weighted by Gasteiger charge is -2.19. The maximum atomic E-state index is 10.8. The first-order valence-electron chi connectivity index (χ1n) is 10.5. The summed E-state index contributed by atoms with van der Waals surface area (Å²) in [5.74, 6) is 1.67. The highest BCUT2D eigenvalue weighted by molar-refractivity contribution is 6.00. The highest BCUT2D eigenvalue weighted by Crippen LogP contribution is 2.30. The smallest absolute Gasteiger partial charge is 0.173 e. The summed E-state index contributed by atoms with van der Waals surface area (Å²) < 4.78 is 10.7. The van der Waals surface area contributed by atoms with Gasteiger partial charge < -0.3 is 19.7 Å². The normalized spacial score (nSPS) is 13.3. The molecular weight excluding hydrogens is 420 g/mol. The Bertz CT molecular complexity index is 1390. The maximum Gasteiger partial charge on any atom is 0.173 e. The number of rotatable bonds is 7. The van der Waals surface area contributed by atoms with Gasteiger partial charge in [0, 0.05) is 35.5 Å². The highest BCUT2D eigenvalue weighted by Gasteiger charge is 2.19. The van der Waals surface area contributed by atoms with Crippen molar-refractivity contribution in [3.63, 3.8) is 0 Å². The van der Waals surface area contributed by atoms with Gasteiger partial charge in [0.05, 0.1) is 36.5 Å². The third-order valence-electron chi connectivity index (χ3n) is 5.67. The van der Waals surface area contributed by atoms with Crippen molar-refractivity contribution in [3.8, 4) is 22.8 Å². The lowest BCUT2D eigenvalue weighted by molar-refractivity contribution is 0.118. The van der Waals surface area contributed by atoms with Gasteiger partial charge in [-0.15, -0.1) is 0 Å². The number of benzene rings is 2. The largest absolute Gasteiger partial charge is 0.497 e. The summed E-state index contributed by atoms with van der Waals surface area (Å²) in [7, 11) is 3.21. The fourth-order valence-corrected chi connectivity index (χ4v) is 3.89. The number of nitrogens with zero attached hydrogens (tertiary/aromatic N) is 3. The summed E-state index contributed by atoms with van der Waals surface area (Å²) >= 11 is 0. The monoisotopic (exact) mass is 444 g/mol. The second kappa shape index (κ2) is 8.53. The number of aliphatic hydroxyl groups is 1. The molecule has 2 atom stereocenters. The summed E-state index contributed by atoms with van der Waals surface area (Å²) in [6.45, 7) is 1.94. The molecule has 5 rings (SSSR count). The number of aliphatic hydroxyl groups excluding tert-OH is 1. The van der Waals surface area contributed by atoms with Crippen molar-refractivity contribution in [1.82, 2.24) is 30.5 Å². The standard InChI is InChI=1S/C24H24N6O3/c1-13(15-8-16(32-2)10-17(9-15)33-3)26-24(31)23-27-20-11-18-19(12-21(20)28-23)29-30-22(18)14-4-6-25-7-5-14/h4-13,24,26,29-31H,1-3H3/t13-,24?/m1/s1. The maximum absolute atomic E-state index is 10.8. The number of hydrogen-bond acceptors (Lipinski definition) is 7. The van der Waals surface area contributed by atoms with Crippen molar-refractivity contribution in [2.24, 2.45) is 0 Å². The van der Waals surface area contributed by atoms with Crippen LogP contribution in [-0.4, -0.2) is 44.5 Å². The number of fused-ring (bicyclic) bond motifs is 2. The zero-order valence-electron chi connectivity index (χ0n) is 18.5. The van der Waals surface area contributed by atoms with E-state index in [-0.39, 0.29) is 6.04 Å². The van der Waals surface area contributed by atoms with Gasteiger partial charge in [0.15, 0.2) is 12.1 Å². The molecular formula is C24H24N6O3. The number of hydrogen-bond donors (Lipinski definition) is 4. The summed E-state index contributed by atoms with van der Waals surface area (Å²) in [4.78, 5) is 13.2. The molecule has 2 aromatic carbocycles. The van der Waals surface area contributed by atoms with E-state index in [9.17, 15) is 5.11 Å². The number of aromatic amines is 2. The number of imidazole rings is 1. The number of nitrogens with one attached hydrogen (secondary N) is 3. The minimum absolute atomic E-state index is 0.201. The molecule has 4 N–H and O–H groups in total. The fraction of sp³-hybridized carbons (Fsp3) is 0.208. The summed E-state index contributed by atoms with van der Waals surface area (Å²) in [5, 5.41) is 21.3. The van der Waals surface area contributed by atoms with Crippen LogP contribution in [0.2, 0.25) is 0 Å². The van der Waals surface area contributed by atoms with Crippen LogP contribution in [0.25, 0.3) is 33.2 Å². The third-order valence-corrected chi connectivity index (χ3v) is 5.67. The summed E-state index contributed by atoms with van der Waals surface area (Å²) in [6, 6.07) is 13.2. The molecule has 3 heterocycles. The number of pyridine rings is 1. The first-order valence-corrected chi connectivity index (χ1v) is 10.5. The molecule has 0 aliphatic rings. The van der Waals surface area contributed by atoms with Gasteiger partial charge in [-0.1, -0.05) is 0 Å². The van der Waals surface area contributed by atoms with E-state index in [1.165, 1.54) is 0 Å². The van der Waals surface area contributed by atoms with Crippen LogP contribution in [0, 0.1) is 0 Å². The van der Waals surface area contributed by atoms with Crippen molar-refractivity contribution >= 4 is 21.9 Å². The average Bonchev–Trinajstić information content (AvgIpc) is 3.46. The average molecular weight is 444 g/mol. The van der Waals surface area contributed by atoms with Crippen LogP contribution in [0.5, 0.6) is 11.5 Å². The molecule has 0 spiro atoms. The molecule has 0 amide bonds. The molecule has 5 aromatic rings. The van der Waals surface area contributed by atoms with Gasteiger partial charge in [-0.3, -0.25) is 15.4 Å². The first kappa shape index (κ1) is 20.9. The topological polar surface area (TPSA) is 121 Å².